The van der Waals surface area contributed by atoms with E-state index in [4.69, 9.17) is 9.15 Å². The highest BCUT2D eigenvalue weighted by Gasteiger charge is 2.18. The van der Waals surface area contributed by atoms with Gasteiger partial charge in [0.25, 0.3) is 17.0 Å². The van der Waals surface area contributed by atoms with Crippen LogP contribution in [0.25, 0.3) is 0 Å². The average molecular weight is 424 g/mol. The first-order chi connectivity index (χ1) is 14.7. The summed E-state index contributed by atoms with van der Waals surface area (Å²) in [5, 5.41) is 8.62. The SMILES string of the molecule is Cc1cccc(OCc2nnc(SCc3cccc(C(=O)N4CCCCC4)c3)o2)c1. The standard InChI is InChI=1S/C23H25N3O3S/c1-17-7-5-10-20(13-17)28-15-21-24-25-23(29-21)30-16-18-8-6-9-19(14-18)22(27)26-11-3-2-4-12-26/h5-10,13-14H,2-4,11-12,15-16H2,1H3. The number of amides is 1. The van der Waals surface area contributed by atoms with Crippen molar-refractivity contribution in [1.29, 1.82) is 0 Å². The number of ether oxygens (including phenoxy) is 1. The summed E-state index contributed by atoms with van der Waals surface area (Å²) in [5.74, 6) is 1.99. The van der Waals surface area contributed by atoms with E-state index in [0.717, 1.165) is 48.4 Å². The molecule has 156 valence electrons. The Labute approximate surface area is 180 Å². The van der Waals surface area contributed by atoms with Gasteiger partial charge in [-0.05, 0) is 61.6 Å². The molecule has 0 atom stereocenters. The van der Waals surface area contributed by atoms with Crippen molar-refractivity contribution in [1.82, 2.24) is 15.1 Å². The molecule has 30 heavy (non-hydrogen) atoms. The van der Waals surface area contributed by atoms with Gasteiger partial charge in [0.05, 0.1) is 0 Å². The molecular formula is C23H25N3O3S. The summed E-state index contributed by atoms with van der Waals surface area (Å²) in [6, 6.07) is 15.6. The van der Waals surface area contributed by atoms with E-state index in [0.29, 0.717) is 16.9 Å². The maximum atomic E-state index is 12.7. The molecule has 1 aromatic heterocycles. The Morgan fingerprint density at radius 2 is 1.93 bits per heavy atom. The van der Waals surface area contributed by atoms with Gasteiger partial charge in [0, 0.05) is 24.4 Å². The van der Waals surface area contributed by atoms with Crippen LogP contribution in [0, 0.1) is 6.92 Å². The van der Waals surface area contributed by atoms with Crippen LogP contribution >= 0.6 is 11.8 Å². The topological polar surface area (TPSA) is 68.5 Å². The van der Waals surface area contributed by atoms with Crippen molar-refractivity contribution in [3.63, 3.8) is 0 Å². The average Bonchev–Trinajstić information content (AvgIpc) is 3.25. The summed E-state index contributed by atoms with van der Waals surface area (Å²) in [7, 11) is 0. The molecule has 6 nitrogen and oxygen atoms in total. The number of aromatic nitrogens is 2. The third-order valence-electron chi connectivity index (χ3n) is 4.98. The largest absolute Gasteiger partial charge is 0.484 e. The van der Waals surface area contributed by atoms with Crippen molar-refractivity contribution in [3.05, 3.63) is 71.1 Å². The minimum absolute atomic E-state index is 0.120. The van der Waals surface area contributed by atoms with Crippen molar-refractivity contribution in [2.24, 2.45) is 0 Å². The second-order valence-electron chi connectivity index (χ2n) is 7.41. The molecule has 2 aromatic carbocycles. The smallest absolute Gasteiger partial charge is 0.277 e. The lowest BCUT2D eigenvalue weighted by Crippen LogP contribution is -2.35. The molecule has 1 aliphatic rings. The molecular weight excluding hydrogens is 398 g/mol. The maximum absolute atomic E-state index is 12.7. The van der Waals surface area contributed by atoms with Gasteiger partial charge in [0.15, 0.2) is 6.61 Å². The van der Waals surface area contributed by atoms with Crippen LogP contribution in [0.4, 0.5) is 0 Å². The molecule has 7 heteroatoms. The second-order valence-corrected chi connectivity index (χ2v) is 8.34. The van der Waals surface area contributed by atoms with Gasteiger partial charge in [-0.15, -0.1) is 10.2 Å². The fraction of sp³-hybridized carbons (Fsp3) is 0.348. The molecule has 0 N–H and O–H groups in total. The fourth-order valence-corrected chi connectivity index (χ4v) is 4.15. The molecule has 0 radical (unpaired) electrons. The van der Waals surface area contributed by atoms with Gasteiger partial charge in [-0.3, -0.25) is 4.79 Å². The van der Waals surface area contributed by atoms with Gasteiger partial charge < -0.3 is 14.1 Å². The van der Waals surface area contributed by atoms with Crippen LogP contribution in [0.15, 0.2) is 58.2 Å². The molecule has 4 rings (SSSR count). The first-order valence-electron chi connectivity index (χ1n) is 10.2. The quantitative estimate of drug-likeness (QED) is 0.505. The van der Waals surface area contributed by atoms with Crippen LogP contribution in [0.3, 0.4) is 0 Å². The number of hydrogen-bond acceptors (Lipinski definition) is 6. The number of likely N-dealkylation sites (tertiary alicyclic amines) is 1. The molecule has 0 spiro atoms. The Balaban J connectivity index is 1.31. The van der Waals surface area contributed by atoms with Gasteiger partial charge in [-0.2, -0.15) is 0 Å². The van der Waals surface area contributed by atoms with Crippen molar-refractivity contribution in [2.75, 3.05) is 13.1 Å². The zero-order valence-electron chi connectivity index (χ0n) is 17.0. The van der Waals surface area contributed by atoms with Crippen molar-refractivity contribution < 1.29 is 13.9 Å². The third kappa shape index (κ3) is 5.42. The molecule has 1 saturated heterocycles. The van der Waals surface area contributed by atoms with E-state index < -0.39 is 0 Å². The Morgan fingerprint density at radius 3 is 2.77 bits per heavy atom. The van der Waals surface area contributed by atoms with E-state index in [1.165, 1.54) is 18.2 Å². The lowest BCUT2D eigenvalue weighted by molar-refractivity contribution is 0.0724. The molecule has 0 aliphatic carbocycles. The second kappa shape index (κ2) is 9.80. The first kappa shape index (κ1) is 20.5. The molecule has 1 amide bonds. The maximum Gasteiger partial charge on any atom is 0.277 e. The fourth-order valence-electron chi connectivity index (χ4n) is 3.42. The predicted molar refractivity (Wildman–Crippen MR) is 116 cm³/mol. The van der Waals surface area contributed by atoms with Crippen LogP contribution < -0.4 is 4.74 Å². The number of thioether (sulfide) groups is 1. The lowest BCUT2D eigenvalue weighted by atomic mass is 10.1. The zero-order chi connectivity index (χ0) is 20.8. The number of benzene rings is 2. The Morgan fingerprint density at radius 1 is 1.10 bits per heavy atom. The molecule has 2 heterocycles. The highest BCUT2D eigenvalue weighted by atomic mass is 32.2. The summed E-state index contributed by atoms with van der Waals surface area (Å²) in [4.78, 5) is 14.7. The first-order valence-corrected chi connectivity index (χ1v) is 11.2. The molecule has 0 saturated carbocycles. The summed E-state index contributed by atoms with van der Waals surface area (Å²) in [6.45, 7) is 3.96. The zero-order valence-corrected chi connectivity index (χ0v) is 17.9. The summed E-state index contributed by atoms with van der Waals surface area (Å²) < 4.78 is 11.4. The summed E-state index contributed by atoms with van der Waals surface area (Å²) >= 11 is 1.45. The van der Waals surface area contributed by atoms with Gasteiger partial charge in [0.2, 0.25) is 0 Å². The predicted octanol–water partition coefficient (Wildman–Crippen LogP) is 4.88. The van der Waals surface area contributed by atoms with Gasteiger partial charge in [-0.1, -0.05) is 36.0 Å². The van der Waals surface area contributed by atoms with Crippen molar-refractivity contribution in [3.8, 4) is 5.75 Å². The number of hydrogen-bond donors (Lipinski definition) is 0. The number of carbonyl (C=O) groups is 1. The number of piperidine rings is 1. The van der Waals surface area contributed by atoms with Gasteiger partial charge in [0.1, 0.15) is 5.75 Å². The number of aryl methyl sites for hydroxylation is 1. The minimum Gasteiger partial charge on any atom is -0.484 e. The molecule has 1 aliphatic heterocycles. The van der Waals surface area contributed by atoms with Gasteiger partial charge in [-0.25, -0.2) is 0 Å². The lowest BCUT2D eigenvalue weighted by Gasteiger charge is -2.26. The monoisotopic (exact) mass is 423 g/mol. The van der Waals surface area contributed by atoms with Crippen LogP contribution in [-0.4, -0.2) is 34.1 Å². The highest BCUT2D eigenvalue weighted by Crippen LogP contribution is 2.23. The molecule has 1 fully saturated rings. The number of nitrogens with zero attached hydrogens (tertiary/aromatic N) is 3. The van der Waals surface area contributed by atoms with E-state index in [9.17, 15) is 4.79 Å². The van der Waals surface area contributed by atoms with Crippen molar-refractivity contribution in [2.45, 2.75) is 43.8 Å². The molecule has 0 unspecified atom stereocenters. The van der Waals surface area contributed by atoms with E-state index in [1.807, 2.05) is 60.4 Å². The van der Waals surface area contributed by atoms with E-state index in [1.54, 1.807) is 0 Å². The molecule has 3 aromatic rings. The van der Waals surface area contributed by atoms with Gasteiger partial charge >= 0.3 is 0 Å². The van der Waals surface area contributed by atoms with E-state index in [2.05, 4.69) is 10.2 Å². The Bertz CT molecular complexity index is 999. The van der Waals surface area contributed by atoms with Crippen LogP contribution in [0.2, 0.25) is 0 Å². The van der Waals surface area contributed by atoms with E-state index >= 15 is 0 Å². The summed E-state index contributed by atoms with van der Waals surface area (Å²) in [6.07, 6.45) is 3.39. The third-order valence-corrected chi connectivity index (χ3v) is 5.87. The van der Waals surface area contributed by atoms with Crippen LogP contribution in [0.1, 0.15) is 46.6 Å². The normalized spacial score (nSPS) is 14.0. The Kier molecular flexibility index (Phi) is 6.69. The summed E-state index contributed by atoms with van der Waals surface area (Å²) in [5.41, 5.74) is 2.93. The number of carbonyl (C=O) groups excluding carboxylic acids is 1. The van der Waals surface area contributed by atoms with Crippen molar-refractivity contribution >= 4 is 17.7 Å². The van der Waals surface area contributed by atoms with Crippen LogP contribution in [-0.2, 0) is 12.4 Å². The number of rotatable bonds is 7. The van der Waals surface area contributed by atoms with E-state index in [-0.39, 0.29) is 12.5 Å². The minimum atomic E-state index is 0.120. The molecule has 0 bridgehead atoms. The highest BCUT2D eigenvalue weighted by molar-refractivity contribution is 7.98. The van der Waals surface area contributed by atoms with Crippen LogP contribution in [0.5, 0.6) is 5.75 Å². The Hall–Kier alpha value is -2.80.